The van der Waals surface area contributed by atoms with Gasteiger partial charge in [-0.05, 0) is 26.2 Å². The minimum absolute atomic E-state index is 0.0576. The van der Waals surface area contributed by atoms with Crippen LogP contribution in [0.25, 0.3) is 0 Å². The lowest BCUT2D eigenvalue weighted by Crippen LogP contribution is -2.18. The largest absolute Gasteiger partial charge is 0.481 e. The summed E-state index contributed by atoms with van der Waals surface area (Å²) < 4.78 is 2.25. The van der Waals surface area contributed by atoms with Gasteiger partial charge in [0.1, 0.15) is 5.82 Å². The Labute approximate surface area is 95.3 Å². The van der Waals surface area contributed by atoms with E-state index in [1.165, 1.54) is 6.42 Å². The highest BCUT2D eigenvalue weighted by molar-refractivity contribution is 5.70. The third-order valence-corrected chi connectivity index (χ3v) is 3.28. The molecule has 1 unspecified atom stereocenters. The van der Waals surface area contributed by atoms with Crippen LogP contribution in [0, 0.1) is 0 Å². The Hall–Kier alpha value is -1.32. The first-order chi connectivity index (χ1) is 7.63. The van der Waals surface area contributed by atoms with Crippen LogP contribution in [0.1, 0.15) is 49.9 Å². The molecule has 0 aliphatic carbocycles. The van der Waals surface area contributed by atoms with Gasteiger partial charge in [-0.3, -0.25) is 4.79 Å². The Morgan fingerprint density at radius 1 is 1.62 bits per heavy atom. The van der Waals surface area contributed by atoms with Crippen LogP contribution in [0.2, 0.25) is 0 Å². The van der Waals surface area contributed by atoms with E-state index in [0.29, 0.717) is 6.04 Å². The Balaban J connectivity index is 2.44. The minimum atomic E-state index is -0.790. The van der Waals surface area contributed by atoms with Crippen LogP contribution in [0.4, 0.5) is 0 Å². The number of carboxylic acids is 1. The molecule has 0 saturated heterocycles. The first-order valence-corrected chi connectivity index (χ1v) is 5.94. The second-order valence-corrected chi connectivity index (χ2v) is 4.46. The highest BCUT2D eigenvalue weighted by atomic mass is 16.4. The number of hydrogen-bond acceptors (Lipinski definition) is 2. The maximum Gasteiger partial charge on any atom is 0.309 e. The first kappa shape index (κ1) is 11.2. The van der Waals surface area contributed by atoms with Crippen LogP contribution >= 0.6 is 0 Å². The number of imidazole rings is 1. The van der Waals surface area contributed by atoms with Crippen LogP contribution in [-0.4, -0.2) is 20.6 Å². The zero-order valence-electron chi connectivity index (χ0n) is 9.86. The van der Waals surface area contributed by atoms with Crippen LogP contribution in [-0.2, 0) is 24.1 Å². The van der Waals surface area contributed by atoms with E-state index in [1.807, 2.05) is 0 Å². The Kier molecular flexibility index (Phi) is 2.99. The van der Waals surface area contributed by atoms with Gasteiger partial charge in [-0.25, -0.2) is 4.98 Å². The van der Waals surface area contributed by atoms with Crippen molar-refractivity contribution in [3.05, 3.63) is 17.2 Å². The van der Waals surface area contributed by atoms with Crippen LogP contribution in [0.3, 0.4) is 0 Å². The highest BCUT2D eigenvalue weighted by Gasteiger charge is 2.24. The average molecular weight is 222 g/mol. The zero-order chi connectivity index (χ0) is 11.7. The number of aromatic nitrogens is 2. The van der Waals surface area contributed by atoms with E-state index in [1.54, 1.807) is 0 Å². The summed E-state index contributed by atoms with van der Waals surface area (Å²) in [5.41, 5.74) is 1.92. The lowest BCUT2D eigenvalue weighted by Gasteiger charge is -2.24. The third kappa shape index (κ3) is 1.84. The Morgan fingerprint density at radius 2 is 2.38 bits per heavy atom. The summed E-state index contributed by atoms with van der Waals surface area (Å²) in [5, 5.41) is 8.87. The predicted octanol–water partition coefficient (Wildman–Crippen LogP) is 1.97. The van der Waals surface area contributed by atoms with E-state index in [2.05, 4.69) is 23.4 Å². The van der Waals surface area contributed by atoms with Crippen molar-refractivity contribution < 1.29 is 9.90 Å². The molecule has 2 heterocycles. The number of nitrogens with zero attached hydrogens (tertiary/aromatic N) is 2. The smallest absolute Gasteiger partial charge is 0.309 e. The number of hydrogen-bond donors (Lipinski definition) is 1. The molecule has 0 aromatic carbocycles. The molecular formula is C12H18N2O2. The lowest BCUT2D eigenvalue weighted by molar-refractivity contribution is -0.136. The summed E-state index contributed by atoms with van der Waals surface area (Å²) in [6.07, 6.45) is 4.21. The molecule has 88 valence electrons. The standard InChI is InChI=1S/C12H18N2O2/c1-3-11-13-9(7-12(15)16)10-6-4-5-8(2)14(10)11/h8H,3-7H2,1-2H3,(H,15,16). The average Bonchev–Trinajstić information content (AvgIpc) is 2.57. The summed E-state index contributed by atoms with van der Waals surface area (Å²) in [7, 11) is 0. The van der Waals surface area contributed by atoms with Gasteiger partial charge in [0.05, 0.1) is 12.1 Å². The van der Waals surface area contributed by atoms with Gasteiger partial charge in [-0.2, -0.15) is 0 Å². The van der Waals surface area contributed by atoms with Crippen molar-refractivity contribution in [2.75, 3.05) is 0 Å². The second kappa shape index (κ2) is 4.28. The maximum absolute atomic E-state index is 10.8. The van der Waals surface area contributed by atoms with Crippen molar-refractivity contribution in [3.63, 3.8) is 0 Å². The molecule has 0 saturated carbocycles. The fourth-order valence-corrected chi connectivity index (χ4v) is 2.58. The number of aliphatic carboxylic acids is 1. The molecule has 0 bridgehead atoms. The summed E-state index contributed by atoms with van der Waals surface area (Å²) in [5.74, 6) is 0.250. The quantitative estimate of drug-likeness (QED) is 0.850. The van der Waals surface area contributed by atoms with Crippen LogP contribution in [0.15, 0.2) is 0 Å². The minimum Gasteiger partial charge on any atom is -0.481 e. The Bertz CT molecular complexity index is 409. The fraction of sp³-hybridized carbons (Fsp3) is 0.667. The molecular weight excluding hydrogens is 204 g/mol. The van der Waals surface area contributed by atoms with E-state index in [9.17, 15) is 4.79 Å². The normalized spacial score (nSPS) is 19.5. The first-order valence-electron chi connectivity index (χ1n) is 5.94. The second-order valence-electron chi connectivity index (χ2n) is 4.46. The van der Waals surface area contributed by atoms with E-state index >= 15 is 0 Å². The maximum atomic E-state index is 10.8. The molecule has 0 amide bonds. The molecule has 4 nitrogen and oxygen atoms in total. The molecule has 1 aliphatic rings. The lowest BCUT2D eigenvalue weighted by atomic mass is 10.0. The van der Waals surface area contributed by atoms with Crippen LogP contribution < -0.4 is 0 Å². The summed E-state index contributed by atoms with van der Waals surface area (Å²) in [6.45, 7) is 4.26. The summed E-state index contributed by atoms with van der Waals surface area (Å²) >= 11 is 0. The molecule has 1 aromatic heterocycles. The van der Waals surface area contributed by atoms with Crippen molar-refractivity contribution in [2.45, 2.75) is 52.0 Å². The summed E-state index contributed by atoms with van der Waals surface area (Å²) in [4.78, 5) is 15.3. The third-order valence-electron chi connectivity index (χ3n) is 3.28. The molecule has 1 aromatic rings. The van der Waals surface area contributed by atoms with E-state index in [0.717, 1.165) is 36.5 Å². The van der Waals surface area contributed by atoms with Gasteiger partial charge in [0.15, 0.2) is 0 Å². The van der Waals surface area contributed by atoms with Gasteiger partial charge in [0.2, 0.25) is 0 Å². The fourth-order valence-electron chi connectivity index (χ4n) is 2.58. The molecule has 1 N–H and O–H groups in total. The van der Waals surface area contributed by atoms with E-state index < -0.39 is 5.97 Å². The topological polar surface area (TPSA) is 55.1 Å². The van der Waals surface area contributed by atoms with Crippen molar-refractivity contribution in [3.8, 4) is 0 Å². The van der Waals surface area contributed by atoms with Gasteiger partial charge in [-0.1, -0.05) is 6.92 Å². The molecule has 0 radical (unpaired) electrons. The molecule has 1 aliphatic heterocycles. The zero-order valence-corrected chi connectivity index (χ0v) is 9.86. The number of fused-ring (bicyclic) bond motifs is 1. The molecule has 2 rings (SSSR count). The van der Waals surface area contributed by atoms with Crippen molar-refractivity contribution in [1.82, 2.24) is 9.55 Å². The number of rotatable bonds is 3. The van der Waals surface area contributed by atoms with Crippen molar-refractivity contribution >= 4 is 5.97 Å². The molecule has 16 heavy (non-hydrogen) atoms. The van der Waals surface area contributed by atoms with Crippen molar-refractivity contribution in [1.29, 1.82) is 0 Å². The Morgan fingerprint density at radius 3 is 3.00 bits per heavy atom. The predicted molar refractivity (Wildman–Crippen MR) is 60.6 cm³/mol. The molecule has 0 spiro atoms. The SMILES string of the molecule is CCc1nc(CC(=O)O)c2n1C(C)CCC2. The number of carbonyl (C=O) groups is 1. The van der Waals surface area contributed by atoms with Gasteiger partial charge in [0, 0.05) is 18.2 Å². The van der Waals surface area contributed by atoms with Crippen LogP contribution in [0.5, 0.6) is 0 Å². The van der Waals surface area contributed by atoms with Gasteiger partial charge < -0.3 is 9.67 Å². The molecule has 4 heteroatoms. The van der Waals surface area contributed by atoms with Gasteiger partial charge in [0.25, 0.3) is 0 Å². The number of carboxylic acid groups (broad SMARTS) is 1. The van der Waals surface area contributed by atoms with E-state index in [-0.39, 0.29) is 6.42 Å². The highest BCUT2D eigenvalue weighted by Crippen LogP contribution is 2.29. The van der Waals surface area contributed by atoms with Gasteiger partial charge >= 0.3 is 5.97 Å². The molecule has 0 fully saturated rings. The van der Waals surface area contributed by atoms with Gasteiger partial charge in [-0.15, -0.1) is 0 Å². The summed E-state index contributed by atoms with van der Waals surface area (Å²) in [6, 6.07) is 0.466. The van der Waals surface area contributed by atoms with Crippen molar-refractivity contribution in [2.24, 2.45) is 0 Å². The van der Waals surface area contributed by atoms with E-state index in [4.69, 9.17) is 5.11 Å². The monoisotopic (exact) mass is 222 g/mol. The number of aryl methyl sites for hydroxylation is 1. The molecule has 1 atom stereocenters.